The topological polar surface area (TPSA) is 40.5 Å². The summed E-state index contributed by atoms with van der Waals surface area (Å²) in [4.78, 5) is 12.5. The molecule has 0 saturated heterocycles. The average molecular weight is 373 g/mol. The molecule has 138 valence electrons. The Labute approximate surface area is 169 Å². The third kappa shape index (κ3) is 3.85. The number of aliphatic imine (C=N–C) groups is 2. The first kappa shape index (κ1) is 17.1. The molecule has 3 heteroatoms. The smallest absolute Gasteiger partial charge is 0.0636 e. The van der Waals surface area contributed by atoms with E-state index >= 15 is 0 Å². The highest BCUT2D eigenvalue weighted by Gasteiger charge is 1.97. The van der Waals surface area contributed by atoms with E-state index in [1.807, 2.05) is 61.0 Å². The Morgan fingerprint density at radius 1 is 0.483 bits per heavy atom. The Hall–Kier alpha value is -3.98. The van der Waals surface area contributed by atoms with Crippen LogP contribution in [0.15, 0.2) is 107 Å². The van der Waals surface area contributed by atoms with E-state index in [0.717, 1.165) is 22.8 Å². The fourth-order valence-corrected chi connectivity index (χ4v) is 3.38. The van der Waals surface area contributed by atoms with Crippen molar-refractivity contribution in [2.75, 3.05) is 0 Å². The maximum Gasteiger partial charge on any atom is 0.0636 e. The molecule has 0 aliphatic carbocycles. The summed E-state index contributed by atoms with van der Waals surface area (Å²) < 4.78 is 0. The van der Waals surface area contributed by atoms with E-state index in [-0.39, 0.29) is 0 Å². The van der Waals surface area contributed by atoms with Crippen LogP contribution in [0.5, 0.6) is 0 Å². The highest BCUT2D eigenvalue weighted by atomic mass is 14.8. The average Bonchev–Trinajstić information content (AvgIpc) is 3.24. The van der Waals surface area contributed by atoms with Crippen LogP contribution in [0, 0.1) is 0 Å². The van der Waals surface area contributed by atoms with Crippen LogP contribution in [-0.4, -0.2) is 17.4 Å². The second-order valence-corrected chi connectivity index (χ2v) is 6.95. The molecule has 0 bridgehead atoms. The van der Waals surface area contributed by atoms with Crippen LogP contribution in [0.2, 0.25) is 0 Å². The fraction of sp³-hybridized carbons (Fsp3) is 0. The fourth-order valence-electron chi connectivity index (χ4n) is 3.38. The summed E-state index contributed by atoms with van der Waals surface area (Å²) in [7, 11) is 0. The van der Waals surface area contributed by atoms with Crippen LogP contribution in [-0.2, 0) is 0 Å². The van der Waals surface area contributed by atoms with Crippen molar-refractivity contribution in [3.63, 3.8) is 0 Å². The van der Waals surface area contributed by atoms with E-state index in [1.165, 1.54) is 21.5 Å². The van der Waals surface area contributed by atoms with Gasteiger partial charge in [0.15, 0.2) is 0 Å². The van der Waals surface area contributed by atoms with E-state index in [1.54, 1.807) is 0 Å². The van der Waals surface area contributed by atoms with Crippen molar-refractivity contribution in [2.24, 2.45) is 9.98 Å². The van der Waals surface area contributed by atoms with Crippen molar-refractivity contribution in [2.45, 2.75) is 0 Å². The van der Waals surface area contributed by atoms with Crippen molar-refractivity contribution in [1.82, 2.24) is 4.98 Å². The van der Waals surface area contributed by atoms with Gasteiger partial charge in [-0.25, -0.2) is 0 Å². The van der Waals surface area contributed by atoms with E-state index in [4.69, 9.17) is 0 Å². The van der Waals surface area contributed by atoms with Gasteiger partial charge in [-0.05, 0) is 57.9 Å². The number of nitrogens with zero attached hydrogens (tertiary/aromatic N) is 2. The standard InChI is InChI=1S/C26H19N3/c1-3-7-21-15-23(11-9-19(21)5-1)27-17-25-13-14-26(29-25)18-28-24-12-10-20-6-2-4-8-22(20)16-24/h1-18,29H. The first-order chi connectivity index (χ1) is 14.3. The van der Waals surface area contributed by atoms with E-state index < -0.39 is 0 Å². The minimum Gasteiger partial charge on any atom is -0.353 e. The first-order valence-electron chi connectivity index (χ1n) is 9.58. The van der Waals surface area contributed by atoms with Gasteiger partial charge in [-0.2, -0.15) is 0 Å². The summed E-state index contributed by atoms with van der Waals surface area (Å²) >= 11 is 0. The number of hydrogen-bond donors (Lipinski definition) is 1. The zero-order valence-corrected chi connectivity index (χ0v) is 15.8. The van der Waals surface area contributed by atoms with Gasteiger partial charge in [0.25, 0.3) is 0 Å². The lowest BCUT2D eigenvalue weighted by Gasteiger charge is -1.99. The Balaban J connectivity index is 1.32. The van der Waals surface area contributed by atoms with E-state index in [9.17, 15) is 0 Å². The molecular weight excluding hydrogens is 354 g/mol. The highest BCUT2D eigenvalue weighted by molar-refractivity contribution is 5.89. The number of hydrogen-bond acceptors (Lipinski definition) is 2. The van der Waals surface area contributed by atoms with Crippen LogP contribution in [0.3, 0.4) is 0 Å². The van der Waals surface area contributed by atoms with Crippen LogP contribution in [0.4, 0.5) is 11.4 Å². The van der Waals surface area contributed by atoms with Gasteiger partial charge in [-0.3, -0.25) is 9.98 Å². The molecule has 0 atom stereocenters. The van der Waals surface area contributed by atoms with Crippen LogP contribution < -0.4 is 0 Å². The van der Waals surface area contributed by atoms with Crippen LogP contribution in [0.25, 0.3) is 21.5 Å². The number of H-pyrrole nitrogens is 1. The van der Waals surface area contributed by atoms with Gasteiger partial charge in [0.2, 0.25) is 0 Å². The second kappa shape index (κ2) is 7.56. The van der Waals surface area contributed by atoms with Gasteiger partial charge in [0.05, 0.1) is 35.2 Å². The van der Waals surface area contributed by atoms with Gasteiger partial charge in [-0.1, -0.05) is 60.7 Å². The summed E-state index contributed by atoms with van der Waals surface area (Å²) in [5.41, 5.74) is 3.76. The summed E-state index contributed by atoms with van der Waals surface area (Å²) in [6, 6.07) is 33.1. The summed E-state index contributed by atoms with van der Waals surface area (Å²) in [6.45, 7) is 0. The maximum atomic E-state index is 4.59. The molecule has 0 fully saturated rings. The molecule has 0 aliphatic heterocycles. The Kier molecular flexibility index (Phi) is 4.47. The molecule has 1 aromatic heterocycles. The maximum absolute atomic E-state index is 4.59. The number of aromatic amines is 1. The lowest BCUT2D eigenvalue weighted by atomic mass is 10.1. The van der Waals surface area contributed by atoms with Gasteiger partial charge in [0, 0.05) is 0 Å². The monoisotopic (exact) mass is 373 g/mol. The number of fused-ring (bicyclic) bond motifs is 2. The largest absolute Gasteiger partial charge is 0.353 e. The zero-order valence-electron chi connectivity index (χ0n) is 15.8. The Morgan fingerprint density at radius 2 is 0.931 bits per heavy atom. The van der Waals surface area contributed by atoms with Crippen molar-refractivity contribution in [3.05, 3.63) is 108 Å². The molecule has 4 aromatic carbocycles. The van der Waals surface area contributed by atoms with Gasteiger partial charge < -0.3 is 4.98 Å². The molecule has 5 aromatic rings. The molecule has 0 spiro atoms. The number of rotatable bonds is 4. The molecule has 29 heavy (non-hydrogen) atoms. The minimum atomic E-state index is 0.935. The molecule has 0 saturated carbocycles. The second-order valence-electron chi connectivity index (χ2n) is 6.95. The predicted octanol–water partition coefficient (Wildman–Crippen LogP) is 6.82. The number of nitrogens with one attached hydrogen (secondary N) is 1. The van der Waals surface area contributed by atoms with Gasteiger partial charge in [-0.15, -0.1) is 0 Å². The molecule has 5 rings (SSSR count). The molecule has 3 nitrogen and oxygen atoms in total. The lowest BCUT2D eigenvalue weighted by Crippen LogP contribution is -1.84. The summed E-state index contributed by atoms with van der Waals surface area (Å²) in [5.74, 6) is 0. The number of benzene rings is 4. The molecule has 1 heterocycles. The Morgan fingerprint density at radius 3 is 1.41 bits per heavy atom. The van der Waals surface area contributed by atoms with Crippen molar-refractivity contribution < 1.29 is 0 Å². The van der Waals surface area contributed by atoms with Crippen molar-refractivity contribution in [1.29, 1.82) is 0 Å². The summed E-state index contributed by atoms with van der Waals surface area (Å²) in [5, 5.41) is 4.82. The SMILES string of the molecule is C(=Nc1ccc2ccccc2c1)c1ccc(C=Nc2ccc3ccccc3c2)[nH]1. The van der Waals surface area contributed by atoms with Crippen molar-refractivity contribution >= 4 is 45.3 Å². The highest BCUT2D eigenvalue weighted by Crippen LogP contribution is 2.22. The third-order valence-electron chi connectivity index (χ3n) is 4.90. The van der Waals surface area contributed by atoms with Crippen LogP contribution in [0.1, 0.15) is 11.4 Å². The summed E-state index contributed by atoms with van der Waals surface area (Å²) in [6.07, 6.45) is 3.69. The quantitative estimate of drug-likeness (QED) is 0.336. The Bertz CT molecular complexity index is 1260. The molecule has 0 amide bonds. The third-order valence-corrected chi connectivity index (χ3v) is 4.90. The lowest BCUT2D eigenvalue weighted by molar-refractivity contribution is 1.35. The molecule has 0 aliphatic rings. The van der Waals surface area contributed by atoms with Gasteiger partial charge in [0.1, 0.15) is 0 Å². The molecular formula is C26H19N3. The first-order valence-corrected chi connectivity index (χ1v) is 9.58. The normalized spacial score (nSPS) is 11.9. The molecule has 0 radical (unpaired) electrons. The van der Waals surface area contributed by atoms with Crippen LogP contribution >= 0.6 is 0 Å². The minimum absolute atomic E-state index is 0.935. The van der Waals surface area contributed by atoms with Crippen molar-refractivity contribution in [3.8, 4) is 0 Å². The van der Waals surface area contributed by atoms with E-state index in [2.05, 4.69) is 63.5 Å². The molecule has 0 unspecified atom stereocenters. The number of aromatic nitrogens is 1. The predicted molar refractivity (Wildman–Crippen MR) is 123 cm³/mol. The van der Waals surface area contributed by atoms with Gasteiger partial charge >= 0.3 is 0 Å². The molecule has 1 N–H and O–H groups in total. The zero-order chi connectivity index (χ0) is 19.5. The van der Waals surface area contributed by atoms with E-state index in [0.29, 0.717) is 0 Å².